The Morgan fingerprint density at radius 3 is 2.26 bits per heavy atom. The third-order valence-electron chi connectivity index (χ3n) is 2.81. The van der Waals surface area contributed by atoms with Crippen molar-refractivity contribution in [2.75, 3.05) is 0 Å². The zero-order valence-corrected chi connectivity index (χ0v) is 10.4. The fourth-order valence-corrected chi connectivity index (χ4v) is 1.85. The summed E-state index contributed by atoms with van der Waals surface area (Å²) in [6.45, 7) is 1.39. The van der Waals surface area contributed by atoms with Gasteiger partial charge in [0.05, 0.1) is 11.6 Å². The van der Waals surface area contributed by atoms with E-state index in [1.165, 1.54) is 19.1 Å². The fraction of sp³-hybridized carbons (Fsp3) is 0.0625. The molecule has 0 saturated heterocycles. The number of benzene rings is 2. The van der Waals surface area contributed by atoms with E-state index in [1.807, 2.05) is 12.1 Å². The molecule has 0 N–H and O–H groups in total. The van der Waals surface area contributed by atoms with E-state index in [1.54, 1.807) is 30.3 Å². The van der Waals surface area contributed by atoms with Crippen LogP contribution in [0.25, 0.3) is 0 Å². The van der Waals surface area contributed by atoms with Gasteiger partial charge in [-0.05, 0) is 25.1 Å². The van der Waals surface area contributed by atoms with Gasteiger partial charge in [-0.2, -0.15) is 5.26 Å². The standard InChI is InChI=1S/C16H11NO2/c1-11(18)15-9-12(10-17)7-8-14(15)16(19)13-5-3-2-4-6-13/h2-9H,1H3. The third kappa shape index (κ3) is 2.58. The predicted octanol–water partition coefficient (Wildman–Crippen LogP) is 2.99. The largest absolute Gasteiger partial charge is 0.294 e. The molecule has 0 bridgehead atoms. The summed E-state index contributed by atoms with van der Waals surface area (Å²) in [5, 5.41) is 8.84. The summed E-state index contributed by atoms with van der Waals surface area (Å²) in [5.74, 6) is -0.438. The molecular formula is C16H11NO2. The fourth-order valence-electron chi connectivity index (χ4n) is 1.85. The summed E-state index contributed by atoms with van der Waals surface area (Å²) in [7, 11) is 0. The Bertz CT molecular complexity index is 682. The van der Waals surface area contributed by atoms with Crippen molar-refractivity contribution >= 4 is 11.6 Å². The average Bonchev–Trinajstić information content (AvgIpc) is 2.46. The third-order valence-corrected chi connectivity index (χ3v) is 2.81. The molecule has 19 heavy (non-hydrogen) atoms. The second kappa shape index (κ2) is 5.28. The Morgan fingerprint density at radius 2 is 1.68 bits per heavy atom. The van der Waals surface area contributed by atoms with Crippen LogP contribution in [0.4, 0.5) is 0 Å². The number of nitriles is 1. The van der Waals surface area contributed by atoms with Crippen molar-refractivity contribution in [3.8, 4) is 6.07 Å². The quantitative estimate of drug-likeness (QED) is 0.786. The summed E-state index contributed by atoms with van der Waals surface area (Å²) >= 11 is 0. The highest BCUT2D eigenvalue weighted by atomic mass is 16.1. The minimum absolute atomic E-state index is 0.213. The van der Waals surface area contributed by atoms with Crippen LogP contribution >= 0.6 is 0 Å². The molecular weight excluding hydrogens is 238 g/mol. The van der Waals surface area contributed by atoms with E-state index >= 15 is 0 Å². The highest BCUT2D eigenvalue weighted by molar-refractivity contribution is 6.15. The number of ketones is 2. The van der Waals surface area contributed by atoms with Gasteiger partial charge in [-0.25, -0.2) is 0 Å². The molecule has 0 fully saturated rings. The number of rotatable bonds is 3. The topological polar surface area (TPSA) is 57.9 Å². The molecule has 0 amide bonds. The molecule has 2 aromatic rings. The molecule has 0 radical (unpaired) electrons. The van der Waals surface area contributed by atoms with Crippen LogP contribution in [-0.4, -0.2) is 11.6 Å². The van der Waals surface area contributed by atoms with Crippen molar-refractivity contribution in [2.45, 2.75) is 6.92 Å². The molecule has 0 aliphatic rings. The lowest BCUT2D eigenvalue weighted by molar-refractivity contribution is 0.0990. The van der Waals surface area contributed by atoms with Gasteiger partial charge in [-0.15, -0.1) is 0 Å². The first-order chi connectivity index (χ1) is 9.13. The zero-order chi connectivity index (χ0) is 13.8. The summed E-state index contributed by atoms with van der Waals surface area (Å²) in [6, 6.07) is 15.3. The maximum atomic E-state index is 12.3. The average molecular weight is 249 g/mol. The summed E-state index contributed by atoms with van der Waals surface area (Å²) in [4.78, 5) is 23.9. The monoisotopic (exact) mass is 249 g/mol. The van der Waals surface area contributed by atoms with E-state index in [9.17, 15) is 9.59 Å². The molecule has 92 valence electrons. The lowest BCUT2D eigenvalue weighted by atomic mass is 9.95. The zero-order valence-electron chi connectivity index (χ0n) is 10.4. The second-order valence-corrected chi connectivity index (χ2v) is 4.12. The molecule has 2 rings (SSSR count). The molecule has 0 spiro atoms. The van der Waals surface area contributed by atoms with Gasteiger partial charge >= 0.3 is 0 Å². The number of hydrogen-bond donors (Lipinski definition) is 0. The molecule has 2 aromatic carbocycles. The highest BCUT2D eigenvalue weighted by Crippen LogP contribution is 2.17. The second-order valence-electron chi connectivity index (χ2n) is 4.12. The Labute approximate surface area is 111 Å². The van der Waals surface area contributed by atoms with E-state index in [-0.39, 0.29) is 17.1 Å². The molecule has 0 aromatic heterocycles. The van der Waals surface area contributed by atoms with Gasteiger partial charge in [0.1, 0.15) is 0 Å². The van der Waals surface area contributed by atoms with Crippen LogP contribution in [0.3, 0.4) is 0 Å². The normalized spacial score (nSPS) is 9.68. The van der Waals surface area contributed by atoms with Crippen molar-refractivity contribution in [1.29, 1.82) is 5.26 Å². The number of Topliss-reactive ketones (excluding diaryl/α,β-unsaturated/α-hetero) is 1. The van der Waals surface area contributed by atoms with Gasteiger partial charge in [0.25, 0.3) is 0 Å². The van der Waals surface area contributed by atoms with Crippen LogP contribution in [0.2, 0.25) is 0 Å². The lowest BCUT2D eigenvalue weighted by Crippen LogP contribution is -2.08. The minimum atomic E-state index is -0.226. The van der Waals surface area contributed by atoms with E-state index in [4.69, 9.17) is 5.26 Å². The number of carbonyl (C=O) groups is 2. The Kier molecular flexibility index (Phi) is 3.53. The van der Waals surface area contributed by atoms with E-state index in [0.29, 0.717) is 16.7 Å². The van der Waals surface area contributed by atoms with Crippen molar-refractivity contribution in [1.82, 2.24) is 0 Å². The maximum Gasteiger partial charge on any atom is 0.193 e. The van der Waals surface area contributed by atoms with Crippen LogP contribution in [0.15, 0.2) is 48.5 Å². The van der Waals surface area contributed by atoms with Crippen LogP contribution < -0.4 is 0 Å². The Balaban J connectivity index is 2.54. The number of carbonyl (C=O) groups excluding carboxylic acids is 2. The summed E-state index contributed by atoms with van der Waals surface area (Å²) in [5.41, 5.74) is 1.51. The molecule has 3 heteroatoms. The van der Waals surface area contributed by atoms with Gasteiger partial charge < -0.3 is 0 Å². The van der Waals surface area contributed by atoms with E-state index in [2.05, 4.69) is 0 Å². The van der Waals surface area contributed by atoms with Crippen molar-refractivity contribution in [3.05, 3.63) is 70.8 Å². The van der Waals surface area contributed by atoms with Crippen LogP contribution in [0.1, 0.15) is 38.8 Å². The SMILES string of the molecule is CC(=O)c1cc(C#N)ccc1C(=O)c1ccccc1. The molecule has 0 aliphatic carbocycles. The summed E-state index contributed by atoms with van der Waals surface area (Å²) < 4.78 is 0. The van der Waals surface area contributed by atoms with Gasteiger partial charge in [0.15, 0.2) is 11.6 Å². The van der Waals surface area contributed by atoms with Gasteiger partial charge in [0.2, 0.25) is 0 Å². The van der Waals surface area contributed by atoms with Crippen molar-refractivity contribution in [3.63, 3.8) is 0 Å². The molecule has 0 aliphatic heterocycles. The van der Waals surface area contributed by atoms with Gasteiger partial charge in [-0.1, -0.05) is 30.3 Å². The van der Waals surface area contributed by atoms with Crippen LogP contribution in [0, 0.1) is 11.3 Å². The Hall–Kier alpha value is -2.73. The maximum absolute atomic E-state index is 12.3. The predicted molar refractivity (Wildman–Crippen MR) is 71.0 cm³/mol. The van der Waals surface area contributed by atoms with E-state index < -0.39 is 0 Å². The first-order valence-electron chi connectivity index (χ1n) is 5.78. The first-order valence-corrected chi connectivity index (χ1v) is 5.78. The molecule has 0 heterocycles. The molecule has 0 unspecified atom stereocenters. The van der Waals surface area contributed by atoms with Crippen LogP contribution in [-0.2, 0) is 0 Å². The molecule has 3 nitrogen and oxygen atoms in total. The van der Waals surface area contributed by atoms with Crippen LogP contribution in [0.5, 0.6) is 0 Å². The molecule has 0 saturated carbocycles. The van der Waals surface area contributed by atoms with Gasteiger partial charge in [0, 0.05) is 16.7 Å². The van der Waals surface area contributed by atoms with E-state index in [0.717, 1.165) is 0 Å². The summed E-state index contributed by atoms with van der Waals surface area (Å²) in [6.07, 6.45) is 0. The molecule has 0 atom stereocenters. The van der Waals surface area contributed by atoms with Crippen molar-refractivity contribution < 1.29 is 9.59 Å². The van der Waals surface area contributed by atoms with Crippen molar-refractivity contribution in [2.24, 2.45) is 0 Å². The number of nitrogens with zero attached hydrogens (tertiary/aromatic N) is 1. The van der Waals surface area contributed by atoms with Gasteiger partial charge in [-0.3, -0.25) is 9.59 Å². The Morgan fingerprint density at radius 1 is 1.00 bits per heavy atom. The first kappa shape index (κ1) is 12.7. The lowest BCUT2D eigenvalue weighted by Gasteiger charge is -2.06. The minimum Gasteiger partial charge on any atom is -0.294 e. The number of hydrogen-bond acceptors (Lipinski definition) is 3. The highest BCUT2D eigenvalue weighted by Gasteiger charge is 2.16. The smallest absolute Gasteiger partial charge is 0.193 e.